The highest BCUT2D eigenvalue weighted by molar-refractivity contribution is 6.31. The number of halogens is 1. The van der Waals surface area contributed by atoms with Crippen molar-refractivity contribution in [2.75, 3.05) is 7.11 Å². The lowest BCUT2D eigenvalue weighted by atomic mass is 10.2. The predicted molar refractivity (Wildman–Crippen MR) is 55.0 cm³/mol. The van der Waals surface area contributed by atoms with E-state index >= 15 is 0 Å². The summed E-state index contributed by atoms with van der Waals surface area (Å²) in [5.41, 5.74) is 0.701. The maximum Gasteiger partial charge on any atom is 0.171 e. The smallest absolute Gasteiger partial charge is 0.171 e. The van der Waals surface area contributed by atoms with Crippen molar-refractivity contribution in [2.24, 2.45) is 0 Å². The molecule has 0 unspecified atom stereocenters. The van der Waals surface area contributed by atoms with Crippen molar-refractivity contribution >= 4 is 22.5 Å². The molecule has 14 heavy (non-hydrogen) atoms. The van der Waals surface area contributed by atoms with E-state index < -0.39 is 0 Å². The lowest BCUT2D eigenvalue weighted by Gasteiger charge is -2.05. The third-order valence-corrected chi connectivity index (χ3v) is 2.25. The molecule has 0 atom stereocenters. The van der Waals surface area contributed by atoms with Gasteiger partial charge in [0.15, 0.2) is 10.9 Å². The summed E-state index contributed by atoms with van der Waals surface area (Å²) in [6, 6.07) is 6.98. The molecule has 0 bridgehead atoms. The molecular weight excluding hydrogens is 202 g/mol. The first-order valence-corrected chi connectivity index (χ1v) is 4.42. The highest BCUT2D eigenvalue weighted by atomic mass is 35.5. The largest absolute Gasteiger partial charge is 0.505 e. The maximum absolute atomic E-state index is 9.39. The molecule has 1 N–H and O–H groups in total. The summed E-state index contributed by atoms with van der Waals surface area (Å²) in [7, 11) is 1.57. The number of methoxy groups -OCH3 is 1. The number of aromatic hydroxyl groups is 1. The van der Waals surface area contributed by atoms with Gasteiger partial charge in [0, 0.05) is 5.39 Å². The Balaban J connectivity index is 2.81. The normalized spacial score (nSPS) is 10.4. The van der Waals surface area contributed by atoms with E-state index in [0.717, 1.165) is 5.39 Å². The summed E-state index contributed by atoms with van der Waals surface area (Å²) in [5, 5.41) is 10.2. The van der Waals surface area contributed by atoms with Gasteiger partial charge < -0.3 is 9.84 Å². The van der Waals surface area contributed by atoms with Gasteiger partial charge in [-0.3, -0.25) is 0 Å². The van der Waals surface area contributed by atoms with Crippen LogP contribution in [0.5, 0.6) is 11.5 Å². The minimum Gasteiger partial charge on any atom is -0.505 e. The van der Waals surface area contributed by atoms with Crippen LogP contribution in [0.15, 0.2) is 24.3 Å². The molecule has 0 aliphatic heterocycles. The Hall–Kier alpha value is -1.48. The fraction of sp³-hybridized carbons (Fsp3) is 0.100. The second-order valence-corrected chi connectivity index (χ2v) is 3.18. The maximum atomic E-state index is 9.39. The van der Waals surface area contributed by atoms with E-state index in [9.17, 15) is 5.11 Å². The first-order chi connectivity index (χ1) is 6.72. The number of aromatic nitrogens is 1. The standard InChI is InChI=1S/C10H8ClNO2/c1-14-9-4-2-3-7-6(9)5-8(13)10(11)12-7/h2-5,13H,1H3. The zero-order valence-corrected chi connectivity index (χ0v) is 8.25. The van der Waals surface area contributed by atoms with Crippen molar-refractivity contribution in [1.82, 2.24) is 4.98 Å². The Bertz CT molecular complexity index is 485. The average Bonchev–Trinajstić information content (AvgIpc) is 2.19. The summed E-state index contributed by atoms with van der Waals surface area (Å²) >= 11 is 5.68. The van der Waals surface area contributed by atoms with Gasteiger partial charge in [-0.05, 0) is 18.2 Å². The summed E-state index contributed by atoms with van der Waals surface area (Å²) in [6.07, 6.45) is 0. The molecular formula is C10H8ClNO2. The number of nitrogens with zero attached hydrogens (tertiary/aromatic N) is 1. The van der Waals surface area contributed by atoms with E-state index in [1.54, 1.807) is 19.2 Å². The second kappa shape index (κ2) is 3.35. The number of hydrogen-bond acceptors (Lipinski definition) is 3. The molecule has 1 heterocycles. The Morgan fingerprint density at radius 2 is 2.21 bits per heavy atom. The van der Waals surface area contributed by atoms with Gasteiger partial charge in [-0.25, -0.2) is 4.98 Å². The fourth-order valence-electron chi connectivity index (χ4n) is 1.31. The first kappa shape index (κ1) is 9.09. The van der Waals surface area contributed by atoms with Crippen LogP contribution < -0.4 is 4.74 Å². The van der Waals surface area contributed by atoms with Crippen molar-refractivity contribution in [3.8, 4) is 11.5 Å². The predicted octanol–water partition coefficient (Wildman–Crippen LogP) is 2.60. The number of pyridine rings is 1. The molecule has 3 nitrogen and oxygen atoms in total. The van der Waals surface area contributed by atoms with Gasteiger partial charge in [-0.15, -0.1) is 0 Å². The summed E-state index contributed by atoms with van der Waals surface area (Å²) in [6.45, 7) is 0. The molecule has 0 fully saturated rings. The lowest BCUT2D eigenvalue weighted by Crippen LogP contribution is -1.87. The van der Waals surface area contributed by atoms with Gasteiger partial charge in [0.25, 0.3) is 0 Å². The SMILES string of the molecule is COc1cccc2nc(Cl)c(O)cc12. The summed E-state index contributed by atoms with van der Waals surface area (Å²) < 4.78 is 5.13. The molecule has 0 spiro atoms. The van der Waals surface area contributed by atoms with Gasteiger partial charge in [0.2, 0.25) is 0 Å². The molecule has 0 saturated carbocycles. The molecule has 0 radical (unpaired) electrons. The number of hydrogen-bond donors (Lipinski definition) is 1. The van der Waals surface area contributed by atoms with Crippen LogP contribution >= 0.6 is 11.6 Å². The highest BCUT2D eigenvalue weighted by Gasteiger charge is 2.06. The lowest BCUT2D eigenvalue weighted by molar-refractivity contribution is 0.419. The molecule has 72 valence electrons. The van der Waals surface area contributed by atoms with Crippen LogP contribution in [0.3, 0.4) is 0 Å². The van der Waals surface area contributed by atoms with Crippen LogP contribution in [-0.2, 0) is 0 Å². The van der Waals surface area contributed by atoms with Crippen LogP contribution in [-0.4, -0.2) is 17.2 Å². The minimum atomic E-state index is -0.0383. The minimum absolute atomic E-state index is 0.0383. The van der Waals surface area contributed by atoms with E-state index in [2.05, 4.69) is 4.98 Å². The molecule has 2 rings (SSSR count). The number of ether oxygens (including phenoxy) is 1. The topological polar surface area (TPSA) is 42.4 Å². The average molecular weight is 210 g/mol. The molecule has 2 aromatic rings. The molecule has 0 saturated heterocycles. The third-order valence-electron chi connectivity index (χ3n) is 1.97. The fourth-order valence-corrected chi connectivity index (χ4v) is 1.46. The zero-order chi connectivity index (χ0) is 10.1. The summed E-state index contributed by atoms with van der Waals surface area (Å²) in [4.78, 5) is 4.02. The van der Waals surface area contributed by atoms with Crippen LogP contribution in [0, 0.1) is 0 Å². The van der Waals surface area contributed by atoms with Crippen LogP contribution in [0.2, 0.25) is 5.15 Å². The molecule has 0 amide bonds. The Morgan fingerprint density at radius 3 is 2.93 bits per heavy atom. The highest BCUT2D eigenvalue weighted by Crippen LogP contribution is 2.30. The Morgan fingerprint density at radius 1 is 1.43 bits per heavy atom. The summed E-state index contributed by atoms with van der Waals surface area (Å²) in [5.74, 6) is 0.630. The van der Waals surface area contributed by atoms with E-state index in [-0.39, 0.29) is 10.9 Å². The molecule has 1 aromatic heterocycles. The van der Waals surface area contributed by atoms with Crippen LogP contribution in [0.25, 0.3) is 10.9 Å². The second-order valence-electron chi connectivity index (χ2n) is 2.83. The monoisotopic (exact) mass is 209 g/mol. The van der Waals surface area contributed by atoms with Crippen molar-refractivity contribution in [2.45, 2.75) is 0 Å². The van der Waals surface area contributed by atoms with Crippen molar-refractivity contribution in [1.29, 1.82) is 0 Å². The molecule has 0 aliphatic carbocycles. The Labute approximate surface area is 85.9 Å². The number of fused-ring (bicyclic) bond motifs is 1. The van der Waals surface area contributed by atoms with Crippen molar-refractivity contribution < 1.29 is 9.84 Å². The van der Waals surface area contributed by atoms with Gasteiger partial charge in [-0.1, -0.05) is 17.7 Å². The Kier molecular flexibility index (Phi) is 2.17. The van der Waals surface area contributed by atoms with E-state index in [4.69, 9.17) is 16.3 Å². The van der Waals surface area contributed by atoms with E-state index in [1.807, 2.05) is 12.1 Å². The quantitative estimate of drug-likeness (QED) is 0.735. The third kappa shape index (κ3) is 1.36. The molecule has 4 heteroatoms. The molecule has 0 aliphatic rings. The van der Waals surface area contributed by atoms with Crippen molar-refractivity contribution in [3.63, 3.8) is 0 Å². The first-order valence-electron chi connectivity index (χ1n) is 4.04. The number of benzene rings is 1. The van der Waals surface area contributed by atoms with Gasteiger partial charge in [0.1, 0.15) is 5.75 Å². The van der Waals surface area contributed by atoms with Crippen molar-refractivity contribution in [3.05, 3.63) is 29.4 Å². The van der Waals surface area contributed by atoms with E-state index in [1.165, 1.54) is 0 Å². The van der Waals surface area contributed by atoms with Gasteiger partial charge in [0.05, 0.1) is 12.6 Å². The molecule has 1 aromatic carbocycles. The van der Waals surface area contributed by atoms with E-state index in [0.29, 0.717) is 11.3 Å². The zero-order valence-electron chi connectivity index (χ0n) is 7.49. The van der Waals surface area contributed by atoms with Crippen LogP contribution in [0.4, 0.5) is 0 Å². The van der Waals surface area contributed by atoms with Gasteiger partial charge in [-0.2, -0.15) is 0 Å². The van der Waals surface area contributed by atoms with Crippen LogP contribution in [0.1, 0.15) is 0 Å². The number of rotatable bonds is 1. The van der Waals surface area contributed by atoms with Gasteiger partial charge >= 0.3 is 0 Å².